The van der Waals surface area contributed by atoms with Crippen LogP contribution in [0, 0.1) is 0 Å². The van der Waals surface area contributed by atoms with Gasteiger partial charge >= 0.3 is 5.97 Å². The Morgan fingerprint density at radius 1 is 1.20 bits per heavy atom. The Kier molecular flexibility index (Phi) is 7.97. The van der Waals surface area contributed by atoms with Crippen LogP contribution in [-0.4, -0.2) is 25.8 Å². The minimum Gasteiger partial charge on any atom is -0.456 e. The predicted molar refractivity (Wildman–Crippen MR) is 81.0 cm³/mol. The average molecular weight is 278 g/mol. The fraction of sp³-hybridized carbons (Fsp3) is 0.588. The van der Waals surface area contributed by atoms with Crippen molar-refractivity contribution in [2.45, 2.75) is 52.1 Å². The van der Waals surface area contributed by atoms with Crippen molar-refractivity contribution in [1.82, 2.24) is 0 Å². The van der Waals surface area contributed by atoms with E-state index in [1.54, 1.807) is 7.11 Å². The van der Waals surface area contributed by atoms with Crippen molar-refractivity contribution in [3.8, 4) is 0 Å². The van der Waals surface area contributed by atoms with E-state index in [2.05, 4.69) is 6.92 Å². The fourth-order valence-electron chi connectivity index (χ4n) is 2.23. The van der Waals surface area contributed by atoms with Crippen molar-refractivity contribution in [1.29, 1.82) is 0 Å². The molecule has 0 fully saturated rings. The molecule has 0 bridgehead atoms. The highest BCUT2D eigenvalue weighted by Crippen LogP contribution is 2.14. The molecule has 0 aliphatic rings. The van der Waals surface area contributed by atoms with Crippen molar-refractivity contribution < 1.29 is 14.3 Å². The molecule has 1 atom stereocenters. The number of esters is 1. The Balaban J connectivity index is 2.64. The van der Waals surface area contributed by atoms with Crippen LogP contribution in [0.5, 0.6) is 0 Å². The van der Waals surface area contributed by atoms with Gasteiger partial charge in [-0.05, 0) is 30.9 Å². The lowest BCUT2D eigenvalue weighted by atomic mass is 10.1. The quantitative estimate of drug-likeness (QED) is 0.506. The Bertz CT molecular complexity index is 401. The van der Waals surface area contributed by atoms with Crippen LogP contribution < -0.4 is 0 Å². The van der Waals surface area contributed by atoms with Crippen LogP contribution in [0.3, 0.4) is 0 Å². The average Bonchev–Trinajstić information content (AvgIpc) is 2.47. The third-order valence-electron chi connectivity index (χ3n) is 3.37. The monoisotopic (exact) mass is 278 g/mol. The maximum atomic E-state index is 12.3. The number of hydrogen-bond donors (Lipinski definition) is 0. The van der Waals surface area contributed by atoms with E-state index in [0.717, 1.165) is 37.7 Å². The summed E-state index contributed by atoms with van der Waals surface area (Å²) in [6.07, 6.45) is 4.92. The summed E-state index contributed by atoms with van der Waals surface area (Å²) in [5.41, 5.74) is 1.70. The van der Waals surface area contributed by atoms with Crippen LogP contribution in [0.1, 0.15) is 55.5 Å². The fourth-order valence-corrected chi connectivity index (χ4v) is 2.23. The molecule has 1 aromatic rings. The SMILES string of the molecule is CCCCCC(COC)OC(=O)c1ccccc1CC. The molecule has 1 unspecified atom stereocenters. The first-order valence-corrected chi connectivity index (χ1v) is 7.50. The lowest BCUT2D eigenvalue weighted by Gasteiger charge is -2.18. The van der Waals surface area contributed by atoms with E-state index in [1.165, 1.54) is 0 Å². The van der Waals surface area contributed by atoms with E-state index in [0.29, 0.717) is 12.2 Å². The van der Waals surface area contributed by atoms with Crippen molar-refractivity contribution >= 4 is 5.97 Å². The zero-order valence-corrected chi connectivity index (χ0v) is 12.9. The summed E-state index contributed by atoms with van der Waals surface area (Å²) < 4.78 is 10.8. The molecule has 1 rings (SSSR count). The van der Waals surface area contributed by atoms with E-state index in [-0.39, 0.29) is 12.1 Å². The van der Waals surface area contributed by atoms with Crippen LogP contribution in [0.2, 0.25) is 0 Å². The largest absolute Gasteiger partial charge is 0.456 e. The number of benzene rings is 1. The van der Waals surface area contributed by atoms with Gasteiger partial charge in [0.1, 0.15) is 6.10 Å². The number of hydrogen-bond acceptors (Lipinski definition) is 3. The maximum absolute atomic E-state index is 12.3. The van der Waals surface area contributed by atoms with Gasteiger partial charge in [0.15, 0.2) is 0 Å². The number of ether oxygens (including phenoxy) is 2. The van der Waals surface area contributed by atoms with Gasteiger partial charge in [-0.1, -0.05) is 44.9 Å². The molecule has 3 nitrogen and oxygen atoms in total. The van der Waals surface area contributed by atoms with Gasteiger partial charge < -0.3 is 9.47 Å². The normalized spacial score (nSPS) is 12.2. The van der Waals surface area contributed by atoms with E-state index < -0.39 is 0 Å². The molecule has 0 N–H and O–H groups in total. The Morgan fingerprint density at radius 3 is 2.60 bits per heavy atom. The van der Waals surface area contributed by atoms with Crippen molar-refractivity contribution in [2.24, 2.45) is 0 Å². The molecular formula is C17H26O3. The second-order valence-electron chi connectivity index (χ2n) is 4.99. The molecule has 20 heavy (non-hydrogen) atoms. The number of rotatable bonds is 9. The number of methoxy groups -OCH3 is 1. The van der Waals surface area contributed by atoms with Crippen molar-refractivity contribution in [3.05, 3.63) is 35.4 Å². The molecule has 112 valence electrons. The molecule has 0 saturated carbocycles. The first-order valence-electron chi connectivity index (χ1n) is 7.50. The standard InChI is InChI=1S/C17H26O3/c1-4-6-7-11-15(13-19-3)20-17(18)16-12-9-8-10-14(16)5-2/h8-10,12,15H,4-7,11,13H2,1-3H3. The molecule has 3 heteroatoms. The summed E-state index contributed by atoms with van der Waals surface area (Å²) in [5, 5.41) is 0. The van der Waals surface area contributed by atoms with Gasteiger partial charge in [-0.15, -0.1) is 0 Å². The topological polar surface area (TPSA) is 35.5 Å². The molecule has 0 radical (unpaired) electrons. The van der Waals surface area contributed by atoms with Gasteiger partial charge in [-0.3, -0.25) is 0 Å². The van der Waals surface area contributed by atoms with Gasteiger partial charge in [0, 0.05) is 7.11 Å². The lowest BCUT2D eigenvalue weighted by molar-refractivity contribution is 0.00232. The predicted octanol–water partition coefficient (Wildman–Crippen LogP) is 4.00. The maximum Gasteiger partial charge on any atom is 0.338 e. The molecule has 0 aromatic heterocycles. The molecule has 0 saturated heterocycles. The van der Waals surface area contributed by atoms with E-state index in [9.17, 15) is 4.79 Å². The minimum absolute atomic E-state index is 0.149. The summed E-state index contributed by atoms with van der Waals surface area (Å²) >= 11 is 0. The first kappa shape index (κ1) is 16.7. The zero-order valence-electron chi connectivity index (χ0n) is 12.9. The molecule has 0 amide bonds. The summed E-state index contributed by atoms with van der Waals surface area (Å²) in [5.74, 6) is -0.235. The summed E-state index contributed by atoms with van der Waals surface area (Å²) in [7, 11) is 1.64. The second-order valence-corrected chi connectivity index (χ2v) is 4.99. The number of carbonyl (C=O) groups excluding carboxylic acids is 1. The van der Waals surface area contributed by atoms with Crippen LogP contribution >= 0.6 is 0 Å². The van der Waals surface area contributed by atoms with Crippen molar-refractivity contribution in [3.63, 3.8) is 0 Å². The van der Waals surface area contributed by atoms with E-state index in [4.69, 9.17) is 9.47 Å². The van der Waals surface area contributed by atoms with Gasteiger partial charge in [0.2, 0.25) is 0 Å². The second kappa shape index (κ2) is 9.54. The highest BCUT2D eigenvalue weighted by molar-refractivity contribution is 5.91. The number of aryl methyl sites for hydroxylation is 1. The molecule has 0 heterocycles. The highest BCUT2D eigenvalue weighted by Gasteiger charge is 2.17. The van der Waals surface area contributed by atoms with Gasteiger partial charge in [0.25, 0.3) is 0 Å². The smallest absolute Gasteiger partial charge is 0.338 e. The zero-order chi connectivity index (χ0) is 14.8. The van der Waals surface area contributed by atoms with Crippen LogP contribution in [0.4, 0.5) is 0 Å². The van der Waals surface area contributed by atoms with Gasteiger partial charge in [-0.2, -0.15) is 0 Å². The van der Waals surface area contributed by atoms with Crippen LogP contribution in [-0.2, 0) is 15.9 Å². The number of unbranched alkanes of at least 4 members (excludes halogenated alkanes) is 2. The number of carbonyl (C=O) groups is 1. The molecule has 0 aliphatic heterocycles. The van der Waals surface area contributed by atoms with E-state index in [1.807, 2.05) is 31.2 Å². The summed E-state index contributed by atoms with van der Waals surface area (Å²) in [4.78, 5) is 12.3. The van der Waals surface area contributed by atoms with Gasteiger partial charge in [0.05, 0.1) is 12.2 Å². The molecule has 1 aromatic carbocycles. The van der Waals surface area contributed by atoms with Crippen LogP contribution in [0.25, 0.3) is 0 Å². The summed E-state index contributed by atoms with van der Waals surface area (Å²) in [6, 6.07) is 7.62. The minimum atomic E-state index is -0.235. The Labute approximate surface area is 122 Å². The highest BCUT2D eigenvalue weighted by atomic mass is 16.6. The third-order valence-corrected chi connectivity index (χ3v) is 3.37. The lowest BCUT2D eigenvalue weighted by Crippen LogP contribution is -2.23. The molecule has 0 aliphatic carbocycles. The third kappa shape index (κ3) is 5.33. The Hall–Kier alpha value is -1.35. The van der Waals surface area contributed by atoms with Gasteiger partial charge in [-0.25, -0.2) is 4.79 Å². The first-order chi connectivity index (χ1) is 9.72. The van der Waals surface area contributed by atoms with Crippen LogP contribution in [0.15, 0.2) is 24.3 Å². The molecular weight excluding hydrogens is 252 g/mol. The van der Waals surface area contributed by atoms with E-state index >= 15 is 0 Å². The van der Waals surface area contributed by atoms with Crippen molar-refractivity contribution in [2.75, 3.05) is 13.7 Å². The summed E-state index contributed by atoms with van der Waals surface area (Å²) in [6.45, 7) is 4.67. The molecule has 0 spiro atoms. The Morgan fingerprint density at radius 2 is 1.95 bits per heavy atom.